The van der Waals surface area contributed by atoms with E-state index in [-0.39, 0.29) is 4.75 Å². The Balaban J connectivity index is 2.51. The minimum atomic E-state index is -0.768. The van der Waals surface area contributed by atoms with E-state index in [1.54, 1.807) is 0 Å². The number of thioether (sulfide) groups is 1. The van der Waals surface area contributed by atoms with Crippen LogP contribution in [0, 0.1) is 0 Å². The first kappa shape index (κ1) is 7.88. The molecule has 1 atom stereocenters. The number of aliphatic carboxylic acids is 1. The Labute approximate surface area is 64.2 Å². The van der Waals surface area contributed by atoms with Crippen molar-refractivity contribution in [1.82, 2.24) is 5.32 Å². The number of hydrogen-bond acceptors (Lipinski definition) is 3. The monoisotopic (exact) mass is 161 g/mol. The first-order chi connectivity index (χ1) is 4.51. The fraction of sp³-hybridized carbons (Fsp3) is 0.833. The molecule has 58 valence electrons. The molecule has 1 aliphatic rings. The lowest BCUT2D eigenvalue weighted by Crippen LogP contribution is -2.28. The molecule has 0 spiro atoms. The van der Waals surface area contributed by atoms with Gasteiger partial charge in [-0.1, -0.05) is 0 Å². The van der Waals surface area contributed by atoms with E-state index in [0.717, 1.165) is 6.54 Å². The van der Waals surface area contributed by atoms with E-state index in [1.165, 1.54) is 11.8 Å². The van der Waals surface area contributed by atoms with Crippen molar-refractivity contribution in [2.45, 2.75) is 24.0 Å². The topological polar surface area (TPSA) is 49.3 Å². The molecular weight excluding hydrogens is 150 g/mol. The van der Waals surface area contributed by atoms with Gasteiger partial charge in [0, 0.05) is 11.3 Å². The fourth-order valence-corrected chi connectivity index (χ4v) is 1.95. The number of hydrogen-bond donors (Lipinski definition) is 2. The smallest absolute Gasteiger partial charge is 0.331 e. The van der Waals surface area contributed by atoms with Crippen molar-refractivity contribution >= 4 is 17.7 Å². The highest BCUT2D eigenvalue weighted by Gasteiger charge is 2.35. The Kier molecular flexibility index (Phi) is 1.92. The molecule has 2 N–H and O–H groups in total. The summed E-state index contributed by atoms with van der Waals surface area (Å²) in [7, 11) is 0. The second-order valence-electron chi connectivity index (χ2n) is 2.98. The fourth-order valence-electron chi connectivity index (χ4n) is 0.879. The molecule has 0 saturated carbocycles. The first-order valence-corrected chi connectivity index (χ1v) is 4.03. The van der Waals surface area contributed by atoms with Crippen LogP contribution in [0.25, 0.3) is 0 Å². The molecule has 0 radical (unpaired) electrons. The maximum Gasteiger partial charge on any atom is 0.331 e. The number of rotatable bonds is 1. The summed E-state index contributed by atoms with van der Waals surface area (Å²) >= 11 is 1.47. The lowest BCUT2D eigenvalue weighted by molar-refractivity contribution is -0.136. The van der Waals surface area contributed by atoms with Crippen molar-refractivity contribution in [2.75, 3.05) is 6.54 Å². The lowest BCUT2D eigenvalue weighted by Gasteiger charge is -2.12. The Hall–Kier alpha value is -0.220. The van der Waals surface area contributed by atoms with E-state index in [4.69, 9.17) is 5.11 Å². The van der Waals surface area contributed by atoms with Crippen LogP contribution in [0.15, 0.2) is 0 Å². The summed E-state index contributed by atoms with van der Waals surface area (Å²) in [5.74, 6) is -0.768. The summed E-state index contributed by atoms with van der Waals surface area (Å²) in [6.07, 6.45) is 0. The third-order valence-corrected chi connectivity index (χ3v) is 2.76. The van der Waals surface area contributed by atoms with Crippen LogP contribution in [0.4, 0.5) is 0 Å². The molecule has 4 heteroatoms. The zero-order chi connectivity index (χ0) is 7.78. The highest BCUT2D eigenvalue weighted by atomic mass is 32.2. The van der Waals surface area contributed by atoms with Crippen LogP contribution in [0.2, 0.25) is 0 Å². The van der Waals surface area contributed by atoms with Gasteiger partial charge in [0.05, 0.1) is 0 Å². The Morgan fingerprint density at radius 3 is 2.60 bits per heavy atom. The van der Waals surface area contributed by atoms with E-state index in [9.17, 15) is 4.79 Å². The standard InChI is InChI=1S/C6H11NO2S/c1-6(2)3-7-4(10-6)5(8)9/h4,7H,3H2,1-2H3,(H,8,9)/t4-/m0/s1. The molecule has 0 aliphatic carbocycles. The third-order valence-electron chi connectivity index (χ3n) is 1.37. The van der Waals surface area contributed by atoms with E-state index in [2.05, 4.69) is 5.32 Å². The van der Waals surface area contributed by atoms with Gasteiger partial charge in [-0.2, -0.15) is 0 Å². The van der Waals surface area contributed by atoms with Gasteiger partial charge in [0.25, 0.3) is 0 Å². The van der Waals surface area contributed by atoms with Crippen molar-refractivity contribution in [2.24, 2.45) is 0 Å². The zero-order valence-corrected chi connectivity index (χ0v) is 6.86. The molecule has 0 amide bonds. The van der Waals surface area contributed by atoms with Crippen molar-refractivity contribution in [3.8, 4) is 0 Å². The quantitative estimate of drug-likeness (QED) is 0.588. The van der Waals surface area contributed by atoms with E-state index < -0.39 is 11.3 Å². The molecule has 1 rings (SSSR count). The third kappa shape index (κ3) is 1.64. The van der Waals surface area contributed by atoms with E-state index >= 15 is 0 Å². The molecule has 0 unspecified atom stereocenters. The summed E-state index contributed by atoms with van der Waals surface area (Å²) < 4.78 is 0.0725. The molecule has 0 aromatic carbocycles. The maximum atomic E-state index is 10.4. The molecule has 0 bridgehead atoms. The second-order valence-corrected chi connectivity index (χ2v) is 4.79. The van der Waals surface area contributed by atoms with Gasteiger partial charge >= 0.3 is 5.97 Å². The van der Waals surface area contributed by atoms with Gasteiger partial charge in [0.15, 0.2) is 5.37 Å². The predicted octanol–water partition coefficient (Wildman–Crippen LogP) is 0.512. The van der Waals surface area contributed by atoms with Crippen LogP contribution in [0.5, 0.6) is 0 Å². The van der Waals surface area contributed by atoms with Gasteiger partial charge in [-0.05, 0) is 13.8 Å². The lowest BCUT2D eigenvalue weighted by atomic mass is 10.2. The minimum absolute atomic E-state index is 0.0725. The van der Waals surface area contributed by atoms with Gasteiger partial charge < -0.3 is 5.11 Å². The van der Waals surface area contributed by atoms with Gasteiger partial charge in [-0.3, -0.25) is 5.32 Å². The van der Waals surface area contributed by atoms with E-state index in [0.29, 0.717) is 0 Å². The molecule has 1 aliphatic heterocycles. The van der Waals surface area contributed by atoms with Crippen LogP contribution < -0.4 is 5.32 Å². The van der Waals surface area contributed by atoms with Crippen LogP contribution >= 0.6 is 11.8 Å². The van der Waals surface area contributed by atoms with Crippen LogP contribution in [0.1, 0.15) is 13.8 Å². The number of carbonyl (C=O) groups is 1. The summed E-state index contributed by atoms with van der Waals surface area (Å²) in [5, 5.41) is 11.1. The molecule has 0 aromatic rings. The van der Waals surface area contributed by atoms with Crippen molar-refractivity contribution < 1.29 is 9.90 Å². The van der Waals surface area contributed by atoms with Gasteiger partial charge in [-0.15, -0.1) is 11.8 Å². The Bertz CT molecular complexity index is 158. The molecule has 1 heterocycles. The summed E-state index contributed by atoms with van der Waals surface area (Å²) in [4.78, 5) is 10.4. The molecule has 3 nitrogen and oxygen atoms in total. The SMILES string of the molecule is CC1(C)CN[C@H](C(=O)O)S1. The van der Waals surface area contributed by atoms with Crippen molar-refractivity contribution in [3.63, 3.8) is 0 Å². The molecule has 10 heavy (non-hydrogen) atoms. The normalized spacial score (nSPS) is 30.4. The Morgan fingerprint density at radius 2 is 2.40 bits per heavy atom. The highest BCUT2D eigenvalue weighted by Crippen LogP contribution is 2.32. The van der Waals surface area contributed by atoms with Crippen molar-refractivity contribution in [3.05, 3.63) is 0 Å². The largest absolute Gasteiger partial charge is 0.479 e. The first-order valence-electron chi connectivity index (χ1n) is 3.15. The minimum Gasteiger partial charge on any atom is -0.479 e. The number of carboxylic acid groups (broad SMARTS) is 1. The predicted molar refractivity (Wildman–Crippen MR) is 41.1 cm³/mol. The van der Waals surface area contributed by atoms with Crippen LogP contribution in [0.3, 0.4) is 0 Å². The highest BCUT2D eigenvalue weighted by molar-refractivity contribution is 8.02. The molecular formula is C6H11NO2S. The van der Waals surface area contributed by atoms with E-state index in [1.807, 2.05) is 13.8 Å². The molecule has 1 saturated heterocycles. The van der Waals surface area contributed by atoms with Crippen molar-refractivity contribution in [1.29, 1.82) is 0 Å². The van der Waals surface area contributed by atoms with Gasteiger partial charge in [0.2, 0.25) is 0 Å². The maximum absolute atomic E-state index is 10.4. The second kappa shape index (κ2) is 2.43. The average molecular weight is 161 g/mol. The van der Waals surface area contributed by atoms with Crippen LogP contribution in [-0.2, 0) is 4.79 Å². The summed E-state index contributed by atoms with van der Waals surface area (Å²) in [6.45, 7) is 4.84. The van der Waals surface area contributed by atoms with Gasteiger partial charge in [-0.25, -0.2) is 4.79 Å². The zero-order valence-electron chi connectivity index (χ0n) is 6.05. The summed E-state index contributed by atoms with van der Waals surface area (Å²) in [5.41, 5.74) is 0. The van der Waals surface area contributed by atoms with Crippen LogP contribution in [-0.4, -0.2) is 27.7 Å². The number of nitrogens with one attached hydrogen (secondary N) is 1. The molecule has 1 fully saturated rings. The molecule has 0 aromatic heterocycles. The Morgan fingerprint density at radius 1 is 1.80 bits per heavy atom. The number of carboxylic acids is 1. The average Bonchev–Trinajstić information content (AvgIpc) is 2.10. The van der Waals surface area contributed by atoms with Gasteiger partial charge in [0.1, 0.15) is 0 Å². The summed E-state index contributed by atoms with van der Waals surface area (Å²) in [6, 6.07) is 0.